The fraction of sp³-hybridized carbons (Fsp3) is 0.714. The fourth-order valence-corrected chi connectivity index (χ4v) is 2.88. The van der Waals surface area contributed by atoms with Gasteiger partial charge in [0.2, 0.25) is 5.88 Å². The number of nitrogens with zero attached hydrogens (tertiary/aromatic N) is 2. The van der Waals surface area contributed by atoms with E-state index in [0.717, 1.165) is 18.4 Å². The lowest BCUT2D eigenvalue weighted by Crippen LogP contribution is -2.30. The minimum Gasteiger partial charge on any atom is -0.474 e. The second-order valence-corrected chi connectivity index (χ2v) is 5.11. The number of nitrogens with one attached hydrogen (secondary N) is 1. The first kappa shape index (κ1) is 14.1. The van der Waals surface area contributed by atoms with Crippen molar-refractivity contribution in [3.8, 4) is 5.88 Å². The normalized spacial score (nSPS) is 23.1. The van der Waals surface area contributed by atoms with E-state index in [0.29, 0.717) is 17.6 Å². The van der Waals surface area contributed by atoms with Gasteiger partial charge in [0.15, 0.2) is 0 Å². The Morgan fingerprint density at radius 2 is 2.11 bits per heavy atom. The van der Waals surface area contributed by atoms with Gasteiger partial charge in [-0.05, 0) is 38.0 Å². The van der Waals surface area contributed by atoms with E-state index in [-0.39, 0.29) is 6.10 Å². The van der Waals surface area contributed by atoms with Crippen LogP contribution in [0.15, 0.2) is 6.33 Å². The fourth-order valence-electron chi connectivity index (χ4n) is 2.88. The van der Waals surface area contributed by atoms with E-state index >= 15 is 0 Å². The van der Waals surface area contributed by atoms with Crippen LogP contribution in [0.4, 0.5) is 5.82 Å². The molecule has 0 saturated heterocycles. The van der Waals surface area contributed by atoms with Crippen LogP contribution in [0.1, 0.15) is 51.5 Å². The molecular formula is C14H24N4O. The average molecular weight is 264 g/mol. The van der Waals surface area contributed by atoms with Gasteiger partial charge in [0.1, 0.15) is 18.2 Å². The summed E-state index contributed by atoms with van der Waals surface area (Å²) in [4.78, 5) is 8.43. The number of rotatable bonds is 5. The molecule has 1 fully saturated rings. The molecule has 0 aromatic carbocycles. The number of anilines is 1. The lowest BCUT2D eigenvalue weighted by Gasteiger charge is -2.31. The monoisotopic (exact) mass is 264 g/mol. The van der Waals surface area contributed by atoms with E-state index in [1.165, 1.54) is 32.0 Å². The van der Waals surface area contributed by atoms with E-state index in [4.69, 9.17) is 10.6 Å². The summed E-state index contributed by atoms with van der Waals surface area (Å²) in [6.45, 7) is 4.30. The first-order chi connectivity index (χ1) is 9.30. The number of hydrogen-bond donors (Lipinski definition) is 2. The third-order valence-corrected chi connectivity index (χ3v) is 4.02. The molecule has 1 aliphatic carbocycles. The highest BCUT2D eigenvalue weighted by atomic mass is 16.5. The Bertz CT molecular complexity index is 410. The maximum Gasteiger partial charge on any atom is 0.222 e. The summed E-state index contributed by atoms with van der Waals surface area (Å²) in [6.07, 6.45) is 8.71. The van der Waals surface area contributed by atoms with Crippen molar-refractivity contribution in [2.75, 3.05) is 5.43 Å². The van der Waals surface area contributed by atoms with Crippen molar-refractivity contribution in [3.63, 3.8) is 0 Å². The quantitative estimate of drug-likeness (QED) is 0.632. The van der Waals surface area contributed by atoms with Gasteiger partial charge in [-0.2, -0.15) is 0 Å². The predicted molar refractivity (Wildman–Crippen MR) is 75.9 cm³/mol. The SMILES string of the molecule is CCc1c(NN)ncnc1OC1CCCCC1CC. The molecular weight excluding hydrogens is 240 g/mol. The molecule has 0 bridgehead atoms. The van der Waals surface area contributed by atoms with Gasteiger partial charge in [0.25, 0.3) is 0 Å². The Hall–Kier alpha value is -1.36. The molecule has 0 amide bonds. The topological polar surface area (TPSA) is 73.1 Å². The molecule has 0 radical (unpaired) electrons. The molecule has 3 N–H and O–H groups in total. The zero-order chi connectivity index (χ0) is 13.7. The largest absolute Gasteiger partial charge is 0.474 e. The van der Waals surface area contributed by atoms with Crippen LogP contribution in [0, 0.1) is 5.92 Å². The van der Waals surface area contributed by atoms with Crippen molar-refractivity contribution in [2.45, 2.75) is 58.5 Å². The standard InChI is InChI=1S/C14H24N4O/c1-3-10-7-5-6-8-12(10)19-14-11(4-2)13(18-15)16-9-17-14/h9-10,12H,3-8,15H2,1-2H3,(H,16,17,18). The van der Waals surface area contributed by atoms with Gasteiger partial charge < -0.3 is 10.2 Å². The highest BCUT2D eigenvalue weighted by molar-refractivity contribution is 5.47. The third-order valence-electron chi connectivity index (χ3n) is 4.02. The Labute approximate surface area is 114 Å². The summed E-state index contributed by atoms with van der Waals surface area (Å²) in [7, 11) is 0. The van der Waals surface area contributed by atoms with Crippen LogP contribution in [0.2, 0.25) is 0 Å². The van der Waals surface area contributed by atoms with Crippen molar-refractivity contribution in [1.82, 2.24) is 9.97 Å². The zero-order valence-electron chi connectivity index (χ0n) is 11.9. The van der Waals surface area contributed by atoms with Crippen LogP contribution < -0.4 is 16.0 Å². The smallest absolute Gasteiger partial charge is 0.222 e. The molecule has 1 aliphatic rings. The predicted octanol–water partition coefficient (Wildman–Crippen LogP) is 2.67. The van der Waals surface area contributed by atoms with Crippen LogP contribution in [0.3, 0.4) is 0 Å². The summed E-state index contributed by atoms with van der Waals surface area (Å²) in [5.74, 6) is 7.48. The van der Waals surface area contributed by atoms with Gasteiger partial charge in [-0.25, -0.2) is 15.8 Å². The third kappa shape index (κ3) is 3.15. The van der Waals surface area contributed by atoms with Gasteiger partial charge in [0.05, 0.1) is 5.56 Å². The van der Waals surface area contributed by atoms with Crippen molar-refractivity contribution in [3.05, 3.63) is 11.9 Å². The van der Waals surface area contributed by atoms with Gasteiger partial charge in [-0.1, -0.05) is 20.3 Å². The lowest BCUT2D eigenvalue weighted by atomic mass is 9.85. The van der Waals surface area contributed by atoms with E-state index in [2.05, 4.69) is 29.2 Å². The molecule has 106 valence electrons. The molecule has 2 atom stereocenters. The Kier molecular flexibility index (Phi) is 4.96. The first-order valence-corrected chi connectivity index (χ1v) is 7.27. The van der Waals surface area contributed by atoms with Gasteiger partial charge in [0, 0.05) is 0 Å². The summed E-state index contributed by atoms with van der Waals surface area (Å²) in [6, 6.07) is 0. The second kappa shape index (κ2) is 6.70. The minimum atomic E-state index is 0.282. The zero-order valence-corrected chi connectivity index (χ0v) is 11.9. The van der Waals surface area contributed by atoms with Crippen molar-refractivity contribution in [1.29, 1.82) is 0 Å². The van der Waals surface area contributed by atoms with Crippen LogP contribution >= 0.6 is 0 Å². The highest BCUT2D eigenvalue weighted by Crippen LogP contribution is 2.32. The molecule has 1 saturated carbocycles. The van der Waals surface area contributed by atoms with Crippen molar-refractivity contribution < 1.29 is 4.74 Å². The van der Waals surface area contributed by atoms with E-state index in [1.807, 2.05) is 0 Å². The summed E-state index contributed by atoms with van der Waals surface area (Å²) >= 11 is 0. The summed E-state index contributed by atoms with van der Waals surface area (Å²) in [5, 5.41) is 0. The molecule has 1 aromatic heterocycles. The van der Waals surface area contributed by atoms with E-state index < -0.39 is 0 Å². The van der Waals surface area contributed by atoms with Gasteiger partial charge >= 0.3 is 0 Å². The molecule has 5 heteroatoms. The van der Waals surface area contributed by atoms with Crippen molar-refractivity contribution in [2.24, 2.45) is 11.8 Å². The van der Waals surface area contributed by atoms with Crippen molar-refractivity contribution >= 4 is 5.82 Å². The van der Waals surface area contributed by atoms with E-state index in [9.17, 15) is 0 Å². The van der Waals surface area contributed by atoms with Crippen LogP contribution in [-0.4, -0.2) is 16.1 Å². The minimum absolute atomic E-state index is 0.282. The average Bonchev–Trinajstić information content (AvgIpc) is 2.47. The van der Waals surface area contributed by atoms with Crippen LogP contribution in [-0.2, 0) is 6.42 Å². The molecule has 0 spiro atoms. The molecule has 19 heavy (non-hydrogen) atoms. The van der Waals surface area contributed by atoms with Crippen LogP contribution in [0.25, 0.3) is 0 Å². The van der Waals surface area contributed by atoms with Gasteiger partial charge in [-0.15, -0.1) is 0 Å². The molecule has 2 rings (SSSR count). The molecule has 1 aromatic rings. The second-order valence-electron chi connectivity index (χ2n) is 5.11. The molecule has 5 nitrogen and oxygen atoms in total. The Morgan fingerprint density at radius 1 is 1.32 bits per heavy atom. The lowest BCUT2D eigenvalue weighted by molar-refractivity contribution is 0.0847. The number of nitrogens with two attached hydrogens (primary N) is 1. The first-order valence-electron chi connectivity index (χ1n) is 7.27. The summed E-state index contributed by atoms with van der Waals surface area (Å²) < 4.78 is 6.18. The van der Waals surface area contributed by atoms with Gasteiger partial charge in [-0.3, -0.25) is 0 Å². The Morgan fingerprint density at radius 3 is 2.79 bits per heavy atom. The molecule has 1 heterocycles. The number of nitrogen functional groups attached to an aromatic ring is 1. The number of aromatic nitrogens is 2. The highest BCUT2D eigenvalue weighted by Gasteiger charge is 2.26. The maximum atomic E-state index is 6.18. The van der Waals surface area contributed by atoms with E-state index in [1.54, 1.807) is 0 Å². The molecule has 2 unspecified atom stereocenters. The number of hydrogen-bond acceptors (Lipinski definition) is 5. The maximum absolute atomic E-state index is 6.18. The number of ether oxygens (including phenoxy) is 1. The Balaban J connectivity index is 2.17. The number of hydrazine groups is 1. The summed E-state index contributed by atoms with van der Waals surface area (Å²) in [5.41, 5.74) is 3.58. The molecule has 0 aliphatic heterocycles. The van der Waals surface area contributed by atoms with Crippen LogP contribution in [0.5, 0.6) is 5.88 Å².